The number of unbranched alkanes of at least 4 members (excludes halogenated alkanes) is 44. The molecule has 9 nitrogen and oxygen atoms in total. The first-order chi connectivity index (χ1) is 33.8. The van der Waals surface area contributed by atoms with E-state index in [1.54, 1.807) is 0 Å². The molecule has 1 rings (SSSR count). The van der Waals surface area contributed by atoms with Crippen LogP contribution in [0, 0.1) is 0 Å². The molecule has 1 aliphatic heterocycles. The molecule has 412 valence electrons. The maximum absolute atomic E-state index is 13.1. The van der Waals surface area contributed by atoms with Gasteiger partial charge in [0, 0.05) is 6.42 Å². The number of hydrogen-bond acceptors (Lipinski definition) is 8. The van der Waals surface area contributed by atoms with Gasteiger partial charge >= 0.3 is 0 Å². The number of ether oxygens (including phenoxy) is 2. The Labute approximate surface area is 427 Å². The van der Waals surface area contributed by atoms with Crippen molar-refractivity contribution in [1.29, 1.82) is 0 Å². The quantitative estimate of drug-likeness (QED) is 0.0330. The van der Waals surface area contributed by atoms with Gasteiger partial charge in [-0.3, -0.25) is 4.79 Å². The Morgan fingerprint density at radius 1 is 0.435 bits per heavy atom. The molecule has 0 spiro atoms. The van der Waals surface area contributed by atoms with Crippen molar-refractivity contribution in [3.63, 3.8) is 0 Å². The van der Waals surface area contributed by atoms with Crippen LogP contribution in [0.15, 0.2) is 0 Å². The predicted molar refractivity (Wildman–Crippen MR) is 291 cm³/mol. The molecule has 9 heteroatoms. The van der Waals surface area contributed by atoms with Crippen LogP contribution in [0.4, 0.5) is 0 Å². The van der Waals surface area contributed by atoms with Crippen molar-refractivity contribution < 1.29 is 39.8 Å². The normalized spacial score (nSPS) is 19.3. The van der Waals surface area contributed by atoms with E-state index in [9.17, 15) is 30.3 Å². The maximum Gasteiger partial charge on any atom is 0.220 e. The average Bonchev–Trinajstić information content (AvgIpc) is 3.35. The van der Waals surface area contributed by atoms with Crippen LogP contribution in [-0.4, -0.2) is 87.5 Å². The van der Waals surface area contributed by atoms with Crippen LogP contribution >= 0.6 is 0 Å². The topological polar surface area (TPSA) is 149 Å². The number of aliphatic hydroxyl groups excluding tert-OH is 5. The summed E-state index contributed by atoms with van der Waals surface area (Å²) in [4.78, 5) is 13.1. The molecule has 1 amide bonds. The molecule has 1 aliphatic rings. The van der Waals surface area contributed by atoms with E-state index in [1.807, 2.05) is 0 Å². The lowest BCUT2D eigenvalue weighted by Crippen LogP contribution is -2.60. The first-order valence-electron chi connectivity index (χ1n) is 30.7. The Bertz CT molecular complexity index is 1050. The molecule has 0 aromatic rings. The third kappa shape index (κ3) is 40.3. The molecule has 2 unspecified atom stereocenters. The van der Waals surface area contributed by atoms with Gasteiger partial charge in [0.25, 0.3) is 0 Å². The van der Waals surface area contributed by atoms with Gasteiger partial charge in [0.2, 0.25) is 5.91 Å². The zero-order valence-electron chi connectivity index (χ0n) is 45.9. The van der Waals surface area contributed by atoms with Crippen LogP contribution < -0.4 is 5.32 Å². The van der Waals surface area contributed by atoms with Crippen molar-refractivity contribution in [1.82, 2.24) is 5.32 Å². The van der Waals surface area contributed by atoms with E-state index in [4.69, 9.17) is 9.47 Å². The summed E-state index contributed by atoms with van der Waals surface area (Å²) in [6, 6.07) is -0.713. The summed E-state index contributed by atoms with van der Waals surface area (Å²) < 4.78 is 11.3. The van der Waals surface area contributed by atoms with Gasteiger partial charge in [-0.25, -0.2) is 0 Å². The zero-order chi connectivity index (χ0) is 50.1. The van der Waals surface area contributed by atoms with E-state index in [0.717, 1.165) is 38.5 Å². The van der Waals surface area contributed by atoms with Crippen molar-refractivity contribution >= 4 is 5.91 Å². The van der Waals surface area contributed by atoms with E-state index in [1.165, 1.54) is 257 Å². The molecular formula is C60H119NO8. The summed E-state index contributed by atoms with van der Waals surface area (Å²) in [5.41, 5.74) is 0. The lowest BCUT2D eigenvalue weighted by atomic mass is 9.99. The minimum absolute atomic E-state index is 0.131. The van der Waals surface area contributed by atoms with Gasteiger partial charge in [0.1, 0.15) is 24.4 Å². The van der Waals surface area contributed by atoms with Crippen molar-refractivity contribution in [2.75, 3.05) is 13.2 Å². The van der Waals surface area contributed by atoms with Crippen molar-refractivity contribution in [3.8, 4) is 0 Å². The maximum atomic E-state index is 13.1. The van der Waals surface area contributed by atoms with Crippen molar-refractivity contribution in [2.45, 2.75) is 365 Å². The van der Waals surface area contributed by atoms with Gasteiger partial charge < -0.3 is 40.3 Å². The molecule has 1 fully saturated rings. The number of nitrogens with one attached hydrogen (secondary N) is 1. The molecule has 1 saturated heterocycles. The molecule has 69 heavy (non-hydrogen) atoms. The van der Waals surface area contributed by atoms with E-state index in [-0.39, 0.29) is 12.5 Å². The number of hydrogen-bond donors (Lipinski definition) is 6. The molecule has 0 aromatic heterocycles. The number of rotatable bonds is 54. The molecular weight excluding hydrogens is 863 g/mol. The smallest absolute Gasteiger partial charge is 0.220 e. The Morgan fingerprint density at radius 3 is 1.03 bits per heavy atom. The van der Waals surface area contributed by atoms with Crippen LogP contribution in [-0.2, 0) is 14.3 Å². The summed E-state index contributed by atoms with van der Waals surface area (Å²) in [6.07, 6.45) is 54.5. The number of aliphatic hydroxyl groups is 5. The minimum Gasteiger partial charge on any atom is -0.394 e. The second-order valence-corrected chi connectivity index (χ2v) is 21.9. The largest absolute Gasteiger partial charge is 0.394 e. The predicted octanol–water partition coefficient (Wildman–Crippen LogP) is 15.4. The Morgan fingerprint density at radius 2 is 0.725 bits per heavy atom. The second kappa shape index (κ2) is 50.7. The summed E-state index contributed by atoms with van der Waals surface area (Å²) in [5, 5.41) is 54.6. The van der Waals surface area contributed by atoms with E-state index >= 15 is 0 Å². The number of carbonyl (C=O) groups is 1. The highest BCUT2D eigenvalue weighted by Crippen LogP contribution is 2.24. The van der Waals surface area contributed by atoms with Crippen LogP contribution in [0.1, 0.15) is 322 Å². The van der Waals surface area contributed by atoms with E-state index in [0.29, 0.717) is 12.8 Å². The summed E-state index contributed by atoms with van der Waals surface area (Å²) >= 11 is 0. The molecule has 6 N–H and O–H groups in total. The van der Waals surface area contributed by atoms with Crippen LogP contribution in [0.5, 0.6) is 0 Å². The summed E-state index contributed by atoms with van der Waals surface area (Å²) in [6.45, 7) is 3.88. The minimum atomic E-state index is -1.55. The Kier molecular flexibility index (Phi) is 48.7. The van der Waals surface area contributed by atoms with Crippen molar-refractivity contribution in [2.24, 2.45) is 0 Å². The molecule has 0 aromatic carbocycles. The lowest BCUT2D eigenvalue weighted by Gasteiger charge is -2.40. The van der Waals surface area contributed by atoms with Gasteiger partial charge in [-0.15, -0.1) is 0 Å². The average molecular weight is 983 g/mol. The third-order valence-corrected chi connectivity index (χ3v) is 15.2. The highest BCUT2D eigenvalue weighted by molar-refractivity contribution is 5.76. The van der Waals surface area contributed by atoms with Gasteiger partial charge in [-0.1, -0.05) is 303 Å². The van der Waals surface area contributed by atoms with Crippen LogP contribution in [0.2, 0.25) is 0 Å². The summed E-state index contributed by atoms with van der Waals surface area (Å²) in [7, 11) is 0. The standard InChI is InChI=1S/C60H119NO8/c1-3-5-7-9-11-13-15-17-18-19-20-21-22-23-24-25-26-27-28-29-30-31-32-33-34-35-36-38-40-42-44-46-48-50-56(64)61-53(52-68-60-59(67)58(66)57(65)55(51-62)69-60)54(63)49-47-45-43-41-39-37-16-14-12-10-8-6-4-2/h53-55,57-60,62-63,65-67H,3-52H2,1-2H3,(H,61,64)/t53-,54+,55+,57-,58?,59?,60+/m0/s1. The van der Waals surface area contributed by atoms with Crippen LogP contribution in [0.3, 0.4) is 0 Å². The molecule has 0 saturated carbocycles. The fraction of sp³-hybridized carbons (Fsp3) is 0.983. The Hall–Kier alpha value is -0.810. The van der Waals surface area contributed by atoms with E-state index < -0.39 is 49.5 Å². The second-order valence-electron chi connectivity index (χ2n) is 21.9. The van der Waals surface area contributed by atoms with Gasteiger partial charge in [-0.05, 0) is 12.8 Å². The molecule has 1 heterocycles. The molecule has 7 atom stereocenters. The zero-order valence-corrected chi connectivity index (χ0v) is 45.9. The van der Waals surface area contributed by atoms with Gasteiger partial charge in [0.05, 0.1) is 25.4 Å². The lowest BCUT2D eigenvalue weighted by molar-refractivity contribution is -0.302. The SMILES string of the molecule is CCCCCCCCCCCCCCCCCCCCCCCCCCCCCCCCCCCC(=O)N[C@@H](CO[C@@H]1O[C@H](CO)[C@H](O)C(O)C1O)[C@H](O)CCCCCCCCCCCCCCC. The third-order valence-electron chi connectivity index (χ3n) is 15.2. The highest BCUT2D eigenvalue weighted by atomic mass is 16.7. The van der Waals surface area contributed by atoms with E-state index in [2.05, 4.69) is 19.2 Å². The van der Waals surface area contributed by atoms with Crippen LogP contribution in [0.25, 0.3) is 0 Å². The van der Waals surface area contributed by atoms with Crippen molar-refractivity contribution in [3.05, 3.63) is 0 Å². The first-order valence-corrected chi connectivity index (χ1v) is 30.7. The fourth-order valence-electron chi connectivity index (χ4n) is 10.3. The highest BCUT2D eigenvalue weighted by Gasteiger charge is 2.44. The Balaban J connectivity index is 2.06. The van der Waals surface area contributed by atoms with Gasteiger partial charge in [0.15, 0.2) is 6.29 Å². The molecule has 0 bridgehead atoms. The molecule has 0 radical (unpaired) electrons. The summed E-state index contributed by atoms with van der Waals surface area (Å²) in [5.74, 6) is -0.137. The number of amides is 1. The first kappa shape index (κ1) is 66.2. The van der Waals surface area contributed by atoms with Gasteiger partial charge in [-0.2, -0.15) is 0 Å². The molecule has 0 aliphatic carbocycles. The number of carbonyl (C=O) groups excluding carboxylic acids is 1. The monoisotopic (exact) mass is 982 g/mol. The fourth-order valence-corrected chi connectivity index (χ4v) is 10.3.